The van der Waals surface area contributed by atoms with Crippen LogP contribution in [0.1, 0.15) is 79.1 Å². The van der Waals surface area contributed by atoms with Crippen LogP contribution in [0.2, 0.25) is 0 Å². The molecule has 7 atom stereocenters. The minimum Gasteiger partial charge on any atom is -0.462 e. The number of halogens is 3. The van der Waals surface area contributed by atoms with Gasteiger partial charge >= 0.3 is 18.1 Å². The Morgan fingerprint density at radius 1 is 0.939 bits per heavy atom. The predicted octanol–water partition coefficient (Wildman–Crippen LogP) is 5.52. The average molecular weight is 471 g/mol. The van der Waals surface area contributed by atoms with Gasteiger partial charge < -0.3 is 9.47 Å². The molecule has 0 aromatic heterocycles. The summed E-state index contributed by atoms with van der Waals surface area (Å²) in [6.07, 6.45) is 0.220. The Balaban J connectivity index is 1.67. The number of Topliss-reactive ketones (excluding diaryl/α,β-unsaturated/α-hetero) is 1. The molecule has 0 amide bonds. The Labute approximate surface area is 192 Å². The fourth-order valence-corrected chi connectivity index (χ4v) is 7.96. The van der Waals surface area contributed by atoms with Gasteiger partial charge in [0.05, 0.1) is 0 Å². The van der Waals surface area contributed by atoms with Crippen molar-refractivity contribution in [3.63, 3.8) is 0 Å². The zero-order valence-electron chi connectivity index (χ0n) is 19.7. The first kappa shape index (κ1) is 24.3. The van der Waals surface area contributed by atoms with Crippen LogP contribution in [-0.2, 0) is 23.9 Å². The van der Waals surface area contributed by atoms with E-state index in [1.54, 1.807) is 0 Å². The number of allylic oxidation sites excluding steroid dienone is 2. The maximum Gasteiger partial charge on any atom is 0.450 e. The molecule has 4 fully saturated rings. The monoisotopic (exact) mass is 470 g/mol. The summed E-state index contributed by atoms with van der Waals surface area (Å²) in [4.78, 5) is 35.8. The molecule has 0 bridgehead atoms. The molecule has 0 heterocycles. The third-order valence-electron chi connectivity index (χ3n) is 9.39. The molecule has 4 aliphatic rings. The largest absolute Gasteiger partial charge is 0.462 e. The Bertz CT molecular complexity index is 893. The SMILES string of the molecule is CC(=O)O/C(=C1/C[C@@]2(C)[C@@H](CC[C@@H]3[C@@H]2CC[C@]2(C)[C@@H](OC(C)=O)CC[C@@H]32)CC1=O)C(F)(F)F. The van der Waals surface area contributed by atoms with Crippen LogP contribution in [0.5, 0.6) is 0 Å². The molecule has 0 radical (unpaired) electrons. The average Bonchev–Trinajstić information content (AvgIpc) is 3.01. The summed E-state index contributed by atoms with van der Waals surface area (Å²) in [5.74, 6) is -2.46. The van der Waals surface area contributed by atoms with Gasteiger partial charge in [-0.1, -0.05) is 13.8 Å². The zero-order chi connectivity index (χ0) is 24.3. The zero-order valence-corrected chi connectivity index (χ0v) is 19.7. The highest BCUT2D eigenvalue weighted by Crippen LogP contribution is 2.67. The summed E-state index contributed by atoms with van der Waals surface area (Å²) in [6.45, 7) is 6.58. The molecule has 0 aromatic carbocycles. The molecule has 0 saturated heterocycles. The van der Waals surface area contributed by atoms with Gasteiger partial charge in [-0.3, -0.25) is 14.4 Å². The predicted molar refractivity (Wildman–Crippen MR) is 113 cm³/mol. The first-order valence-corrected chi connectivity index (χ1v) is 12.0. The molecule has 4 aliphatic carbocycles. The lowest BCUT2D eigenvalue weighted by Crippen LogP contribution is -2.55. The molecule has 4 rings (SSSR count). The Hall–Kier alpha value is -1.86. The van der Waals surface area contributed by atoms with E-state index in [1.165, 1.54) is 6.92 Å². The van der Waals surface area contributed by atoms with E-state index in [4.69, 9.17) is 4.74 Å². The molecule has 0 N–H and O–H groups in total. The van der Waals surface area contributed by atoms with Crippen molar-refractivity contribution in [2.75, 3.05) is 0 Å². The fraction of sp³-hybridized carbons (Fsp3) is 0.800. The number of esters is 2. The smallest absolute Gasteiger partial charge is 0.450 e. The molecule has 0 unspecified atom stereocenters. The molecule has 8 heteroatoms. The van der Waals surface area contributed by atoms with Crippen molar-refractivity contribution in [2.24, 2.45) is 34.5 Å². The number of hydrogen-bond acceptors (Lipinski definition) is 5. The Morgan fingerprint density at radius 2 is 1.61 bits per heavy atom. The van der Waals surface area contributed by atoms with E-state index in [2.05, 4.69) is 11.7 Å². The van der Waals surface area contributed by atoms with Gasteiger partial charge in [-0.2, -0.15) is 13.2 Å². The molecule has 184 valence electrons. The van der Waals surface area contributed by atoms with E-state index >= 15 is 0 Å². The van der Waals surface area contributed by atoms with E-state index in [1.807, 2.05) is 6.92 Å². The van der Waals surface area contributed by atoms with E-state index < -0.39 is 29.1 Å². The minimum absolute atomic E-state index is 0.0173. The molecule has 0 aliphatic heterocycles. The van der Waals surface area contributed by atoms with E-state index in [-0.39, 0.29) is 47.7 Å². The first-order valence-electron chi connectivity index (χ1n) is 12.0. The minimum atomic E-state index is -4.90. The van der Waals surface area contributed by atoms with Gasteiger partial charge in [-0.05, 0) is 74.0 Å². The second-order valence-electron chi connectivity index (χ2n) is 11.1. The normalized spacial score (nSPS) is 42.0. The number of ether oxygens (including phenoxy) is 2. The van der Waals surface area contributed by atoms with Crippen molar-refractivity contribution in [3.05, 3.63) is 11.3 Å². The number of alkyl halides is 3. The summed E-state index contributed by atoms with van der Waals surface area (Å²) >= 11 is 0. The van der Waals surface area contributed by atoms with Crippen LogP contribution in [0.15, 0.2) is 11.3 Å². The second kappa shape index (κ2) is 8.12. The third-order valence-corrected chi connectivity index (χ3v) is 9.39. The maximum atomic E-state index is 13.8. The van der Waals surface area contributed by atoms with Crippen molar-refractivity contribution in [2.45, 2.75) is 91.3 Å². The molecular weight excluding hydrogens is 437 g/mol. The fourth-order valence-electron chi connectivity index (χ4n) is 7.96. The lowest BCUT2D eigenvalue weighted by atomic mass is 9.44. The van der Waals surface area contributed by atoms with Crippen LogP contribution in [-0.4, -0.2) is 30.0 Å². The third kappa shape index (κ3) is 4.01. The summed E-state index contributed by atoms with van der Waals surface area (Å²) in [7, 11) is 0. The summed E-state index contributed by atoms with van der Waals surface area (Å²) in [6, 6.07) is 0. The van der Waals surface area contributed by atoms with Crippen LogP contribution in [0.25, 0.3) is 0 Å². The quantitative estimate of drug-likeness (QED) is 0.302. The highest BCUT2D eigenvalue weighted by Gasteiger charge is 2.62. The van der Waals surface area contributed by atoms with Gasteiger partial charge in [0.1, 0.15) is 6.10 Å². The van der Waals surface area contributed by atoms with E-state index in [0.717, 1.165) is 45.4 Å². The van der Waals surface area contributed by atoms with Crippen molar-refractivity contribution >= 4 is 17.7 Å². The number of carbonyl (C=O) groups excluding carboxylic acids is 3. The van der Waals surface area contributed by atoms with Crippen LogP contribution in [0.4, 0.5) is 13.2 Å². The molecule has 0 aromatic rings. The van der Waals surface area contributed by atoms with Crippen LogP contribution < -0.4 is 0 Å². The Kier molecular flexibility index (Phi) is 5.97. The van der Waals surface area contributed by atoms with Crippen LogP contribution in [0, 0.1) is 34.5 Å². The topological polar surface area (TPSA) is 69.7 Å². The highest BCUT2D eigenvalue weighted by molar-refractivity contribution is 5.97. The molecular formula is C25H33F3O5. The van der Waals surface area contributed by atoms with Gasteiger partial charge in [0.2, 0.25) is 5.76 Å². The van der Waals surface area contributed by atoms with Gasteiger partial charge in [-0.15, -0.1) is 0 Å². The molecule has 5 nitrogen and oxygen atoms in total. The van der Waals surface area contributed by atoms with E-state index in [0.29, 0.717) is 11.8 Å². The number of fused-ring (bicyclic) bond motifs is 5. The first-order chi connectivity index (χ1) is 15.3. The molecule has 4 saturated carbocycles. The summed E-state index contributed by atoms with van der Waals surface area (Å²) in [5, 5.41) is 0. The summed E-state index contributed by atoms with van der Waals surface area (Å²) in [5.41, 5.74) is -0.966. The second-order valence-corrected chi connectivity index (χ2v) is 11.1. The number of ketones is 1. The standard InChI is InChI=1S/C25H33F3O5/c1-13(29)32-21-8-7-18-16-6-5-15-11-20(31)17(22(25(26,27)28)33-14(2)30)12-24(15,4)19(16)9-10-23(18,21)3/h15-16,18-19,21H,5-12H2,1-4H3/b22-17-/t15-,16-,18-,19-,21-,23-,24-/m0/s1. The van der Waals surface area contributed by atoms with Crippen molar-refractivity contribution in [1.29, 1.82) is 0 Å². The van der Waals surface area contributed by atoms with E-state index in [9.17, 15) is 27.6 Å². The van der Waals surface area contributed by atoms with Gasteiger partial charge in [0.15, 0.2) is 5.78 Å². The highest BCUT2D eigenvalue weighted by atomic mass is 19.4. The lowest BCUT2D eigenvalue weighted by Gasteiger charge is -2.60. The lowest BCUT2D eigenvalue weighted by molar-refractivity contribution is -0.163. The van der Waals surface area contributed by atoms with Gasteiger partial charge in [-0.25, -0.2) is 0 Å². The molecule has 33 heavy (non-hydrogen) atoms. The van der Waals surface area contributed by atoms with Gasteiger partial charge in [0, 0.05) is 31.3 Å². The van der Waals surface area contributed by atoms with Crippen LogP contribution >= 0.6 is 0 Å². The van der Waals surface area contributed by atoms with Crippen molar-refractivity contribution in [3.8, 4) is 0 Å². The van der Waals surface area contributed by atoms with Crippen molar-refractivity contribution < 1.29 is 37.0 Å². The van der Waals surface area contributed by atoms with Gasteiger partial charge in [0.25, 0.3) is 0 Å². The van der Waals surface area contributed by atoms with Crippen LogP contribution in [0.3, 0.4) is 0 Å². The van der Waals surface area contributed by atoms with Crippen molar-refractivity contribution in [1.82, 2.24) is 0 Å². The number of carbonyl (C=O) groups is 3. The Morgan fingerprint density at radius 3 is 2.21 bits per heavy atom. The molecule has 0 spiro atoms. The number of rotatable bonds is 2. The number of hydrogen-bond donors (Lipinski definition) is 0. The summed E-state index contributed by atoms with van der Waals surface area (Å²) < 4.78 is 51.5. The maximum absolute atomic E-state index is 13.8.